The van der Waals surface area contributed by atoms with E-state index in [-0.39, 0.29) is 5.60 Å². The largest absolute Gasteiger partial charge is 0.461 e. The van der Waals surface area contributed by atoms with E-state index >= 15 is 0 Å². The van der Waals surface area contributed by atoms with E-state index in [0.717, 1.165) is 18.3 Å². The van der Waals surface area contributed by atoms with Gasteiger partial charge in [-0.25, -0.2) is 0 Å². The van der Waals surface area contributed by atoms with Crippen LogP contribution in [0.2, 0.25) is 0 Å². The summed E-state index contributed by atoms with van der Waals surface area (Å²) in [6.07, 6.45) is 6.36. The highest BCUT2D eigenvalue weighted by atomic mass is 16.5. The van der Waals surface area contributed by atoms with Gasteiger partial charge in [-0.3, -0.25) is 4.79 Å². The predicted molar refractivity (Wildman–Crippen MR) is 71.0 cm³/mol. The van der Waals surface area contributed by atoms with E-state index in [1.807, 2.05) is 0 Å². The van der Waals surface area contributed by atoms with Crippen LogP contribution in [0.1, 0.15) is 59.8 Å². The highest BCUT2D eigenvalue weighted by Gasteiger charge is 2.68. The van der Waals surface area contributed by atoms with E-state index < -0.39 is 0 Å². The van der Waals surface area contributed by atoms with Crippen molar-refractivity contribution >= 4 is 6.47 Å². The number of fused-ring (bicyclic) bond motifs is 1. The van der Waals surface area contributed by atoms with Crippen LogP contribution in [-0.4, -0.2) is 12.1 Å². The first kappa shape index (κ1) is 12.5. The molecule has 3 saturated carbocycles. The van der Waals surface area contributed by atoms with Gasteiger partial charge in [-0.15, -0.1) is 0 Å². The average molecular weight is 250 g/mol. The van der Waals surface area contributed by atoms with Crippen molar-refractivity contribution in [3.8, 4) is 0 Å². The van der Waals surface area contributed by atoms with Crippen molar-refractivity contribution in [3.05, 3.63) is 0 Å². The lowest BCUT2D eigenvalue weighted by Gasteiger charge is -2.45. The molecule has 5 atom stereocenters. The fourth-order valence-electron chi connectivity index (χ4n) is 6.11. The molecule has 2 heteroatoms. The summed E-state index contributed by atoms with van der Waals surface area (Å²) in [5.74, 6) is 2.23. The Hall–Kier alpha value is -0.530. The van der Waals surface area contributed by atoms with Crippen LogP contribution in [0.5, 0.6) is 0 Å². The van der Waals surface area contributed by atoms with Gasteiger partial charge < -0.3 is 4.74 Å². The summed E-state index contributed by atoms with van der Waals surface area (Å²) >= 11 is 0. The van der Waals surface area contributed by atoms with E-state index in [2.05, 4.69) is 27.7 Å². The molecule has 3 aliphatic carbocycles. The summed E-state index contributed by atoms with van der Waals surface area (Å²) in [6.45, 7) is 10.1. The minimum Gasteiger partial charge on any atom is -0.461 e. The second-order valence-electron chi connectivity index (χ2n) is 7.87. The third-order valence-electron chi connectivity index (χ3n) is 7.09. The normalized spacial score (nSPS) is 53.0. The SMILES string of the molecule is C[C@@H]1CC[C@H]2C(C)(C)[C@@H]3C[C@]12CC[C@@]3(C)OC=O. The Morgan fingerprint density at radius 1 is 1.11 bits per heavy atom. The zero-order valence-electron chi connectivity index (χ0n) is 12.2. The van der Waals surface area contributed by atoms with Gasteiger partial charge in [0.05, 0.1) is 0 Å². The lowest BCUT2D eigenvalue weighted by molar-refractivity contribution is -0.157. The lowest BCUT2D eigenvalue weighted by atomic mass is 9.64. The molecule has 0 amide bonds. The van der Waals surface area contributed by atoms with E-state index in [1.54, 1.807) is 0 Å². The summed E-state index contributed by atoms with van der Waals surface area (Å²) in [5, 5.41) is 0. The van der Waals surface area contributed by atoms with Crippen molar-refractivity contribution in [2.45, 2.75) is 65.4 Å². The fraction of sp³-hybridized carbons (Fsp3) is 0.938. The van der Waals surface area contributed by atoms with Gasteiger partial charge in [0.2, 0.25) is 0 Å². The fourth-order valence-corrected chi connectivity index (χ4v) is 6.11. The molecule has 0 heterocycles. The molecule has 3 fully saturated rings. The van der Waals surface area contributed by atoms with Gasteiger partial charge in [-0.1, -0.05) is 20.8 Å². The van der Waals surface area contributed by atoms with Crippen LogP contribution in [-0.2, 0) is 9.53 Å². The van der Waals surface area contributed by atoms with Crippen molar-refractivity contribution in [2.75, 3.05) is 0 Å². The molecule has 3 rings (SSSR count). The zero-order valence-corrected chi connectivity index (χ0v) is 12.2. The van der Waals surface area contributed by atoms with Crippen molar-refractivity contribution in [1.29, 1.82) is 0 Å². The number of carbonyl (C=O) groups is 1. The van der Waals surface area contributed by atoms with Gasteiger partial charge in [0.15, 0.2) is 0 Å². The van der Waals surface area contributed by atoms with E-state index in [1.165, 1.54) is 25.7 Å². The Morgan fingerprint density at radius 3 is 2.50 bits per heavy atom. The number of hydrogen-bond acceptors (Lipinski definition) is 2. The maximum absolute atomic E-state index is 10.9. The van der Waals surface area contributed by atoms with Gasteiger partial charge in [-0.05, 0) is 61.7 Å². The number of ether oxygens (including phenoxy) is 1. The van der Waals surface area contributed by atoms with Crippen LogP contribution in [0, 0.1) is 28.6 Å². The molecule has 2 nitrogen and oxygen atoms in total. The van der Waals surface area contributed by atoms with Crippen LogP contribution in [0.25, 0.3) is 0 Å². The zero-order chi connectivity index (χ0) is 13.2. The summed E-state index contributed by atoms with van der Waals surface area (Å²) < 4.78 is 5.55. The Morgan fingerprint density at radius 2 is 1.83 bits per heavy atom. The smallest absolute Gasteiger partial charge is 0.293 e. The maximum atomic E-state index is 10.9. The number of carbonyl (C=O) groups excluding carboxylic acids is 1. The van der Waals surface area contributed by atoms with E-state index in [4.69, 9.17) is 4.74 Å². The molecule has 0 unspecified atom stereocenters. The molecule has 0 aromatic rings. The highest BCUT2D eigenvalue weighted by Crippen LogP contribution is 2.73. The van der Waals surface area contributed by atoms with Crippen LogP contribution >= 0.6 is 0 Å². The second-order valence-corrected chi connectivity index (χ2v) is 7.87. The number of rotatable bonds is 2. The predicted octanol–water partition coefficient (Wildman–Crippen LogP) is 3.79. The van der Waals surface area contributed by atoms with Gasteiger partial charge in [0.1, 0.15) is 5.60 Å². The van der Waals surface area contributed by atoms with E-state index in [0.29, 0.717) is 23.2 Å². The van der Waals surface area contributed by atoms with Crippen molar-refractivity contribution in [1.82, 2.24) is 0 Å². The summed E-state index contributed by atoms with van der Waals surface area (Å²) in [7, 11) is 0. The Bertz CT molecular complexity index is 375. The van der Waals surface area contributed by atoms with Crippen LogP contribution < -0.4 is 0 Å². The molecule has 1 spiro atoms. The first-order chi connectivity index (χ1) is 8.37. The monoisotopic (exact) mass is 250 g/mol. The molecule has 0 aromatic carbocycles. The quantitative estimate of drug-likeness (QED) is 0.697. The van der Waals surface area contributed by atoms with Crippen LogP contribution in [0.4, 0.5) is 0 Å². The topological polar surface area (TPSA) is 26.3 Å². The summed E-state index contributed by atoms with van der Waals surface area (Å²) in [6, 6.07) is 0. The van der Waals surface area contributed by atoms with Crippen molar-refractivity contribution in [3.63, 3.8) is 0 Å². The third kappa shape index (κ3) is 1.27. The first-order valence-corrected chi connectivity index (χ1v) is 7.48. The molecule has 0 aromatic heterocycles. The van der Waals surface area contributed by atoms with Gasteiger partial charge in [-0.2, -0.15) is 0 Å². The standard InChI is InChI=1S/C16H26O2/c1-11-5-6-12-14(2,3)13-9-16(11,12)8-7-15(13,4)18-10-17/h10-13H,5-9H2,1-4H3/t11-,12+,13+,15-,16-/m1/s1. The van der Waals surface area contributed by atoms with Crippen molar-refractivity contribution < 1.29 is 9.53 Å². The maximum Gasteiger partial charge on any atom is 0.293 e. The lowest BCUT2D eigenvalue weighted by Crippen LogP contribution is -2.46. The second kappa shape index (κ2) is 3.52. The molecule has 102 valence electrons. The summed E-state index contributed by atoms with van der Waals surface area (Å²) in [4.78, 5) is 10.9. The van der Waals surface area contributed by atoms with E-state index in [9.17, 15) is 4.79 Å². The molecule has 0 N–H and O–H groups in total. The third-order valence-corrected chi connectivity index (χ3v) is 7.09. The van der Waals surface area contributed by atoms with Gasteiger partial charge in [0.25, 0.3) is 6.47 Å². The molecule has 0 radical (unpaired) electrons. The Kier molecular flexibility index (Phi) is 2.44. The molecule has 18 heavy (non-hydrogen) atoms. The molecule has 2 bridgehead atoms. The van der Waals surface area contributed by atoms with Crippen LogP contribution in [0.15, 0.2) is 0 Å². The Balaban J connectivity index is 2.01. The minimum absolute atomic E-state index is 0.222. The summed E-state index contributed by atoms with van der Waals surface area (Å²) in [5.41, 5.74) is 0.652. The molecule has 3 aliphatic rings. The van der Waals surface area contributed by atoms with Gasteiger partial charge in [0, 0.05) is 5.92 Å². The first-order valence-electron chi connectivity index (χ1n) is 7.48. The molecule has 0 aliphatic heterocycles. The molecule has 0 saturated heterocycles. The number of hydrogen-bond donors (Lipinski definition) is 0. The average Bonchev–Trinajstić information content (AvgIpc) is 2.71. The highest BCUT2D eigenvalue weighted by molar-refractivity contribution is 5.39. The Labute approximate surface area is 110 Å². The van der Waals surface area contributed by atoms with Crippen LogP contribution in [0.3, 0.4) is 0 Å². The van der Waals surface area contributed by atoms with Gasteiger partial charge >= 0.3 is 0 Å². The molecular formula is C16H26O2. The minimum atomic E-state index is -0.222. The van der Waals surface area contributed by atoms with Crippen molar-refractivity contribution in [2.24, 2.45) is 28.6 Å². The molecular weight excluding hydrogens is 224 g/mol.